The summed E-state index contributed by atoms with van der Waals surface area (Å²) in [5, 5.41) is 18.3. The van der Waals surface area contributed by atoms with E-state index in [1.165, 1.54) is 0 Å². The van der Waals surface area contributed by atoms with Gasteiger partial charge in [-0.3, -0.25) is 0 Å². The molecule has 0 aliphatic carbocycles. The molecule has 0 heterocycles. The van der Waals surface area contributed by atoms with Gasteiger partial charge in [-0.05, 0) is 5.75 Å². The minimum absolute atomic E-state index is 1.56. The fourth-order valence-electron chi connectivity index (χ4n) is 0.688. The summed E-state index contributed by atoms with van der Waals surface area (Å²) in [6.45, 7) is 0. The molecule has 0 N–H and O–H groups in total. The highest BCUT2D eigenvalue weighted by molar-refractivity contribution is 5.50. The number of halogens is 4. The maximum atomic E-state index is 12.5. The van der Waals surface area contributed by atoms with E-state index in [0.717, 1.165) is 0 Å². The molecule has 0 saturated heterocycles. The Bertz CT molecular complexity index is 383. The van der Waals surface area contributed by atoms with Crippen LogP contribution in [0.2, 0.25) is 0 Å². The maximum absolute atomic E-state index is 12.5. The van der Waals surface area contributed by atoms with Crippen molar-refractivity contribution >= 4 is 5.69 Å². The lowest BCUT2D eigenvalue weighted by atomic mass is 10.2. The van der Waals surface area contributed by atoms with Gasteiger partial charge in [-0.25, -0.2) is 8.78 Å². The molecule has 0 aliphatic rings. The molecule has 0 unspecified atom stereocenters. The van der Waals surface area contributed by atoms with Crippen LogP contribution in [-0.2, 0) is 0 Å². The zero-order chi connectivity index (χ0) is 10.2. The lowest BCUT2D eigenvalue weighted by molar-refractivity contribution is -0.277. The standard InChI is InChI=1S/C6F4N2O/c7-1-3(9)6(13)4(10)2(8)5(1)12-11. The molecule has 0 fully saturated rings. The van der Waals surface area contributed by atoms with E-state index in [1.807, 2.05) is 4.98 Å². The van der Waals surface area contributed by atoms with Gasteiger partial charge in [0, 0.05) is 0 Å². The number of hydrogen-bond acceptors (Lipinski definition) is 2. The normalized spacial score (nSPS) is 9.77. The molecule has 3 nitrogen and oxygen atoms in total. The van der Waals surface area contributed by atoms with E-state index in [0.29, 0.717) is 0 Å². The van der Waals surface area contributed by atoms with Crippen molar-refractivity contribution in [2.24, 2.45) is 0 Å². The van der Waals surface area contributed by atoms with Crippen molar-refractivity contribution in [1.82, 2.24) is 0 Å². The van der Waals surface area contributed by atoms with Crippen LogP contribution >= 0.6 is 0 Å². The molecule has 0 bridgehead atoms. The van der Waals surface area contributed by atoms with Crippen molar-refractivity contribution < 1.29 is 22.7 Å². The molecular weight excluding hydrogens is 192 g/mol. The SMILES string of the molecule is N#[N+]c1c(F)c(F)c([O-])c(F)c1F. The molecule has 0 radical (unpaired) electrons. The smallest absolute Gasteiger partial charge is 0.461 e. The average molecular weight is 192 g/mol. The molecule has 7 heteroatoms. The Kier molecular flexibility index (Phi) is 2.06. The number of benzene rings is 1. The summed E-state index contributed by atoms with van der Waals surface area (Å²) >= 11 is 0. The third-order valence-corrected chi connectivity index (χ3v) is 1.30. The van der Waals surface area contributed by atoms with E-state index in [4.69, 9.17) is 5.39 Å². The summed E-state index contributed by atoms with van der Waals surface area (Å²) < 4.78 is 49.6. The van der Waals surface area contributed by atoms with Crippen molar-refractivity contribution in [2.45, 2.75) is 0 Å². The summed E-state index contributed by atoms with van der Waals surface area (Å²) in [4.78, 5) is 1.96. The first kappa shape index (κ1) is 9.25. The van der Waals surface area contributed by atoms with Gasteiger partial charge >= 0.3 is 5.69 Å². The number of hydrogen-bond donors (Lipinski definition) is 0. The molecule has 1 aromatic carbocycles. The van der Waals surface area contributed by atoms with Gasteiger partial charge in [-0.2, -0.15) is 8.78 Å². The predicted octanol–water partition coefficient (Wildman–Crippen LogP) is 1.80. The highest BCUT2D eigenvalue weighted by atomic mass is 19.2. The zero-order valence-corrected chi connectivity index (χ0v) is 5.81. The predicted molar refractivity (Wildman–Crippen MR) is 30.5 cm³/mol. The van der Waals surface area contributed by atoms with Gasteiger partial charge in [-0.1, -0.05) is 0 Å². The van der Waals surface area contributed by atoms with Crippen molar-refractivity contribution in [3.63, 3.8) is 0 Å². The molecule has 0 aliphatic heterocycles. The molecule has 0 saturated carbocycles. The van der Waals surface area contributed by atoms with Gasteiger partial charge in [0.05, 0.1) is 0 Å². The fraction of sp³-hybridized carbons (Fsp3) is 0. The monoisotopic (exact) mass is 192 g/mol. The summed E-state index contributed by atoms with van der Waals surface area (Å²) in [7, 11) is 0. The van der Waals surface area contributed by atoms with E-state index < -0.39 is 34.7 Å². The molecule has 13 heavy (non-hydrogen) atoms. The highest BCUT2D eigenvalue weighted by Gasteiger charge is 2.30. The van der Waals surface area contributed by atoms with E-state index in [-0.39, 0.29) is 0 Å². The Labute approximate surface area is 68.8 Å². The van der Waals surface area contributed by atoms with Gasteiger partial charge in [0.25, 0.3) is 11.6 Å². The van der Waals surface area contributed by atoms with Gasteiger partial charge < -0.3 is 5.11 Å². The first-order chi connectivity index (χ1) is 6.00. The maximum Gasteiger partial charge on any atom is 0.461 e. The van der Waals surface area contributed by atoms with Crippen molar-refractivity contribution in [3.8, 4) is 5.75 Å². The molecule has 0 spiro atoms. The molecule has 0 amide bonds. The summed E-state index contributed by atoms with van der Waals surface area (Å²) in [5.41, 5.74) is -1.56. The van der Waals surface area contributed by atoms with Crippen LogP contribution in [0.25, 0.3) is 4.98 Å². The van der Waals surface area contributed by atoms with Gasteiger partial charge in [0.2, 0.25) is 5.39 Å². The molecule has 1 aromatic rings. The van der Waals surface area contributed by atoms with Crippen LogP contribution in [0.5, 0.6) is 5.75 Å². The highest BCUT2D eigenvalue weighted by Crippen LogP contribution is 2.32. The topological polar surface area (TPSA) is 51.2 Å². The first-order valence-electron chi connectivity index (χ1n) is 2.88. The molecule has 1 rings (SSSR count). The Morgan fingerprint density at radius 2 is 1.31 bits per heavy atom. The quantitative estimate of drug-likeness (QED) is 0.357. The van der Waals surface area contributed by atoms with Crippen LogP contribution in [0.3, 0.4) is 0 Å². The Balaban J connectivity index is 3.69. The number of rotatable bonds is 0. The van der Waals surface area contributed by atoms with Crippen LogP contribution in [0.1, 0.15) is 0 Å². The lowest BCUT2D eigenvalue weighted by Crippen LogP contribution is -2.04. The van der Waals surface area contributed by atoms with Crippen LogP contribution < -0.4 is 5.11 Å². The average Bonchev–Trinajstić information content (AvgIpc) is 2.13. The fourth-order valence-corrected chi connectivity index (χ4v) is 0.688. The summed E-state index contributed by atoms with van der Waals surface area (Å²) in [5.74, 6) is -10.3. The van der Waals surface area contributed by atoms with Crippen molar-refractivity contribution in [1.29, 1.82) is 5.39 Å². The summed E-state index contributed by atoms with van der Waals surface area (Å²) in [6, 6.07) is 0. The van der Waals surface area contributed by atoms with Crippen LogP contribution in [0, 0.1) is 28.7 Å². The van der Waals surface area contributed by atoms with Crippen LogP contribution in [0.15, 0.2) is 0 Å². The molecule has 0 aromatic heterocycles. The van der Waals surface area contributed by atoms with Crippen molar-refractivity contribution in [3.05, 3.63) is 28.2 Å². The Morgan fingerprint density at radius 1 is 0.923 bits per heavy atom. The van der Waals surface area contributed by atoms with E-state index in [9.17, 15) is 22.7 Å². The summed E-state index contributed by atoms with van der Waals surface area (Å²) in [6.07, 6.45) is 0. The van der Waals surface area contributed by atoms with E-state index in [1.54, 1.807) is 0 Å². The second-order valence-corrected chi connectivity index (χ2v) is 2.03. The van der Waals surface area contributed by atoms with Gasteiger partial charge in [-0.15, -0.1) is 0 Å². The minimum Gasteiger partial charge on any atom is -0.868 e. The van der Waals surface area contributed by atoms with Crippen LogP contribution in [-0.4, -0.2) is 0 Å². The van der Waals surface area contributed by atoms with Crippen LogP contribution in [0.4, 0.5) is 23.2 Å². The minimum atomic E-state index is -2.12. The first-order valence-corrected chi connectivity index (χ1v) is 2.88. The van der Waals surface area contributed by atoms with Gasteiger partial charge in [0.1, 0.15) is 0 Å². The third-order valence-electron chi connectivity index (χ3n) is 1.30. The second kappa shape index (κ2) is 2.90. The van der Waals surface area contributed by atoms with Crippen molar-refractivity contribution in [2.75, 3.05) is 0 Å². The molecular formula is C6F4N2O. The number of nitrogens with zero attached hydrogens (tertiary/aromatic N) is 2. The van der Waals surface area contributed by atoms with E-state index in [2.05, 4.69) is 0 Å². The largest absolute Gasteiger partial charge is 0.868 e. The van der Waals surface area contributed by atoms with Gasteiger partial charge in [0.15, 0.2) is 16.6 Å². The molecule has 68 valence electrons. The number of diazo groups is 1. The molecule has 0 atom stereocenters. The third kappa shape index (κ3) is 1.16. The Hall–Kier alpha value is -1.84. The Morgan fingerprint density at radius 3 is 1.62 bits per heavy atom. The van der Waals surface area contributed by atoms with E-state index >= 15 is 0 Å². The zero-order valence-electron chi connectivity index (χ0n) is 5.81. The second-order valence-electron chi connectivity index (χ2n) is 2.03. The lowest BCUT2D eigenvalue weighted by Gasteiger charge is -2.07.